The highest BCUT2D eigenvalue weighted by Gasteiger charge is 2.27. The summed E-state index contributed by atoms with van der Waals surface area (Å²) in [5.74, 6) is 0.656. The molecular weight excluding hydrogens is 326 g/mol. The topological polar surface area (TPSA) is 63.7 Å². The van der Waals surface area contributed by atoms with Crippen LogP contribution in [-0.2, 0) is 4.74 Å². The van der Waals surface area contributed by atoms with Crippen molar-refractivity contribution in [1.82, 2.24) is 9.88 Å². The number of aryl methyl sites for hydroxylation is 2. The zero-order chi connectivity index (χ0) is 17.1. The van der Waals surface area contributed by atoms with Gasteiger partial charge in [0.05, 0.1) is 25.9 Å². The van der Waals surface area contributed by atoms with E-state index >= 15 is 0 Å². The van der Waals surface area contributed by atoms with Crippen LogP contribution in [-0.4, -0.2) is 42.7 Å². The van der Waals surface area contributed by atoms with Crippen molar-refractivity contribution in [2.75, 3.05) is 32.1 Å². The molecule has 1 fully saturated rings. The van der Waals surface area contributed by atoms with Crippen molar-refractivity contribution < 1.29 is 14.3 Å². The van der Waals surface area contributed by atoms with Crippen LogP contribution in [0.15, 0.2) is 23.6 Å². The van der Waals surface area contributed by atoms with Crippen LogP contribution in [0.1, 0.15) is 22.4 Å². The predicted molar refractivity (Wildman–Crippen MR) is 93.9 cm³/mol. The smallest absolute Gasteiger partial charge is 0.322 e. The van der Waals surface area contributed by atoms with E-state index in [1.807, 2.05) is 37.4 Å². The van der Waals surface area contributed by atoms with E-state index in [0.29, 0.717) is 31.1 Å². The molecule has 1 aromatic carbocycles. The van der Waals surface area contributed by atoms with Gasteiger partial charge in [-0.3, -0.25) is 0 Å². The molecule has 2 amide bonds. The fourth-order valence-corrected chi connectivity index (χ4v) is 3.50. The lowest BCUT2D eigenvalue weighted by Crippen LogP contribution is -2.44. The Morgan fingerprint density at radius 3 is 3.00 bits per heavy atom. The third-order valence-electron chi connectivity index (χ3n) is 3.95. The molecule has 1 N–H and O–H groups in total. The number of para-hydroxylation sites is 1. The number of rotatable bonds is 3. The molecule has 0 radical (unpaired) electrons. The average Bonchev–Trinajstić information content (AvgIpc) is 3.03. The Labute approximate surface area is 145 Å². The zero-order valence-corrected chi connectivity index (χ0v) is 14.9. The first-order chi connectivity index (χ1) is 11.6. The Balaban J connectivity index is 1.71. The van der Waals surface area contributed by atoms with Crippen LogP contribution in [0.2, 0.25) is 0 Å². The van der Waals surface area contributed by atoms with E-state index in [0.717, 1.165) is 16.3 Å². The third-order valence-corrected chi connectivity index (χ3v) is 5.01. The standard InChI is InChI=1S/C17H21N3O3S/c1-11-5-4-6-13(22-3)15(11)19-17(21)20-7-8-23-14(9-20)16-18-12(2)10-24-16/h4-6,10,14H,7-9H2,1-3H3,(H,19,21)/t14-/m0/s1. The quantitative estimate of drug-likeness (QED) is 0.924. The molecule has 2 heterocycles. The Bertz CT molecular complexity index is 732. The van der Waals surface area contributed by atoms with Gasteiger partial charge in [0, 0.05) is 17.6 Å². The molecule has 1 saturated heterocycles. The van der Waals surface area contributed by atoms with E-state index < -0.39 is 0 Å². The highest BCUT2D eigenvalue weighted by atomic mass is 32.1. The summed E-state index contributed by atoms with van der Waals surface area (Å²) in [6.45, 7) is 5.45. The molecule has 1 atom stereocenters. The largest absolute Gasteiger partial charge is 0.495 e. The van der Waals surface area contributed by atoms with E-state index in [1.165, 1.54) is 0 Å². The number of thiazole rings is 1. The van der Waals surface area contributed by atoms with Gasteiger partial charge in [-0.05, 0) is 25.5 Å². The lowest BCUT2D eigenvalue weighted by Gasteiger charge is -2.32. The molecule has 24 heavy (non-hydrogen) atoms. The minimum Gasteiger partial charge on any atom is -0.495 e. The Morgan fingerprint density at radius 1 is 1.46 bits per heavy atom. The number of urea groups is 1. The maximum absolute atomic E-state index is 12.7. The van der Waals surface area contributed by atoms with Gasteiger partial charge in [-0.25, -0.2) is 9.78 Å². The highest BCUT2D eigenvalue weighted by Crippen LogP contribution is 2.29. The van der Waals surface area contributed by atoms with Crippen molar-refractivity contribution in [3.8, 4) is 5.75 Å². The van der Waals surface area contributed by atoms with Crippen LogP contribution < -0.4 is 10.1 Å². The number of benzene rings is 1. The SMILES string of the molecule is COc1cccc(C)c1NC(=O)N1CCO[C@H](c2nc(C)cs2)C1. The molecule has 3 rings (SSSR count). The Hall–Kier alpha value is -2.12. The van der Waals surface area contributed by atoms with Gasteiger partial charge < -0.3 is 19.7 Å². The van der Waals surface area contributed by atoms with Gasteiger partial charge in [0.15, 0.2) is 0 Å². The van der Waals surface area contributed by atoms with Gasteiger partial charge in [0.1, 0.15) is 16.9 Å². The van der Waals surface area contributed by atoms with Crippen molar-refractivity contribution in [2.45, 2.75) is 20.0 Å². The fourth-order valence-electron chi connectivity index (χ4n) is 2.66. The van der Waals surface area contributed by atoms with E-state index in [-0.39, 0.29) is 12.1 Å². The summed E-state index contributed by atoms with van der Waals surface area (Å²) >= 11 is 1.57. The summed E-state index contributed by atoms with van der Waals surface area (Å²) in [5.41, 5.74) is 2.64. The zero-order valence-electron chi connectivity index (χ0n) is 14.0. The summed E-state index contributed by atoms with van der Waals surface area (Å²) in [7, 11) is 1.60. The van der Waals surface area contributed by atoms with E-state index in [2.05, 4.69) is 10.3 Å². The van der Waals surface area contributed by atoms with Crippen LogP contribution in [0.5, 0.6) is 5.75 Å². The normalized spacial score (nSPS) is 17.6. The molecule has 0 unspecified atom stereocenters. The lowest BCUT2D eigenvalue weighted by atomic mass is 10.2. The third kappa shape index (κ3) is 3.52. The first kappa shape index (κ1) is 16.7. The minimum atomic E-state index is -0.165. The van der Waals surface area contributed by atoms with Crippen molar-refractivity contribution in [2.24, 2.45) is 0 Å². The number of anilines is 1. The Morgan fingerprint density at radius 2 is 2.29 bits per heavy atom. The van der Waals surface area contributed by atoms with Crippen LogP contribution in [0.3, 0.4) is 0 Å². The molecule has 1 aliphatic rings. The van der Waals surface area contributed by atoms with Gasteiger partial charge in [0.25, 0.3) is 0 Å². The number of hydrogen-bond acceptors (Lipinski definition) is 5. The lowest BCUT2D eigenvalue weighted by molar-refractivity contribution is -0.0136. The van der Waals surface area contributed by atoms with E-state index in [4.69, 9.17) is 9.47 Å². The van der Waals surface area contributed by atoms with Gasteiger partial charge in [0.2, 0.25) is 0 Å². The van der Waals surface area contributed by atoms with Crippen molar-refractivity contribution >= 4 is 23.1 Å². The molecule has 0 aliphatic carbocycles. The molecule has 0 spiro atoms. The number of aromatic nitrogens is 1. The minimum absolute atomic E-state index is 0.149. The van der Waals surface area contributed by atoms with Gasteiger partial charge in [-0.15, -0.1) is 11.3 Å². The number of morpholine rings is 1. The number of carbonyl (C=O) groups excluding carboxylic acids is 1. The molecule has 128 valence electrons. The summed E-state index contributed by atoms with van der Waals surface area (Å²) in [4.78, 5) is 18.9. The molecule has 7 heteroatoms. The van der Waals surface area contributed by atoms with Gasteiger partial charge >= 0.3 is 6.03 Å². The maximum atomic E-state index is 12.7. The van der Waals surface area contributed by atoms with Crippen molar-refractivity contribution in [1.29, 1.82) is 0 Å². The van der Waals surface area contributed by atoms with Gasteiger partial charge in [-0.2, -0.15) is 0 Å². The van der Waals surface area contributed by atoms with Gasteiger partial charge in [-0.1, -0.05) is 12.1 Å². The number of amides is 2. The molecule has 2 aromatic rings. The molecule has 1 aromatic heterocycles. The first-order valence-corrected chi connectivity index (χ1v) is 8.69. The first-order valence-electron chi connectivity index (χ1n) is 7.81. The van der Waals surface area contributed by atoms with Crippen LogP contribution in [0, 0.1) is 13.8 Å². The van der Waals surface area contributed by atoms with Crippen LogP contribution in [0.25, 0.3) is 0 Å². The fraction of sp³-hybridized carbons (Fsp3) is 0.412. The molecular formula is C17H21N3O3S. The Kier molecular flexibility index (Phi) is 5.01. The summed E-state index contributed by atoms with van der Waals surface area (Å²) < 4.78 is 11.1. The predicted octanol–water partition coefficient (Wildman–Crippen LogP) is 3.37. The number of nitrogens with one attached hydrogen (secondary N) is 1. The molecule has 6 nitrogen and oxygen atoms in total. The monoisotopic (exact) mass is 347 g/mol. The summed E-state index contributed by atoms with van der Waals surface area (Å²) in [6, 6.07) is 5.53. The van der Waals surface area contributed by atoms with E-state index in [1.54, 1.807) is 23.3 Å². The second-order valence-corrected chi connectivity index (χ2v) is 6.60. The second kappa shape index (κ2) is 7.19. The summed E-state index contributed by atoms with van der Waals surface area (Å²) in [5, 5.41) is 5.88. The molecule has 0 saturated carbocycles. The number of methoxy groups -OCH3 is 1. The number of carbonyl (C=O) groups is 1. The van der Waals surface area contributed by atoms with Crippen molar-refractivity contribution in [3.63, 3.8) is 0 Å². The number of hydrogen-bond donors (Lipinski definition) is 1. The number of ether oxygens (including phenoxy) is 2. The van der Waals surface area contributed by atoms with Crippen LogP contribution in [0.4, 0.5) is 10.5 Å². The van der Waals surface area contributed by atoms with Crippen LogP contribution >= 0.6 is 11.3 Å². The summed E-state index contributed by atoms with van der Waals surface area (Å²) in [6.07, 6.45) is -0.165. The molecule has 0 bridgehead atoms. The van der Waals surface area contributed by atoms with E-state index in [9.17, 15) is 4.79 Å². The van der Waals surface area contributed by atoms with Crippen molar-refractivity contribution in [3.05, 3.63) is 39.8 Å². The maximum Gasteiger partial charge on any atom is 0.322 e. The average molecular weight is 347 g/mol. The second-order valence-electron chi connectivity index (χ2n) is 5.71. The highest BCUT2D eigenvalue weighted by molar-refractivity contribution is 7.09. The number of nitrogens with zero attached hydrogens (tertiary/aromatic N) is 2. The molecule has 1 aliphatic heterocycles.